The van der Waals surface area contributed by atoms with Crippen LogP contribution >= 0.6 is 0 Å². The van der Waals surface area contributed by atoms with Crippen LogP contribution in [-0.2, 0) is 4.79 Å². The molecule has 3 unspecified atom stereocenters. The van der Waals surface area contributed by atoms with Crippen LogP contribution in [0.1, 0.15) is 53.9 Å². The molecular weight excluding hydrogens is 224 g/mol. The zero-order chi connectivity index (χ0) is 13.9. The largest absolute Gasteiger partial charge is 0.342 e. The van der Waals surface area contributed by atoms with Gasteiger partial charge in [-0.25, -0.2) is 0 Å². The van der Waals surface area contributed by atoms with Gasteiger partial charge in [0.15, 0.2) is 0 Å². The van der Waals surface area contributed by atoms with E-state index in [4.69, 9.17) is 5.73 Å². The number of nitrogens with zero attached hydrogens (tertiary/aromatic N) is 1. The summed E-state index contributed by atoms with van der Waals surface area (Å²) in [4.78, 5) is 14.2. The molecule has 18 heavy (non-hydrogen) atoms. The fraction of sp³-hybridized carbons (Fsp3) is 0.933. The number of carbonyl (C=O) groups excluding carboxylic acids is 1. The fourth-order valence-electron chi connectivity index (χ4n) is 2.94. The van der Waals surface area contributed by atoms with E-state index in [0.717, 1.165) is 25.9 Å². The van der Waals surface area contributed by atoms with Gasteiger partial charge in [-0.15, -0.1) is 0 Å². The van der Waals surface area contributed by atoms with Crippen molar-refractivity contribution in [3.8, 4) is 0 Å². The van der Waals surface area contributed by atoms with E-state index in [1.54, 1.807) is 0 Å². The van der Waals surface area contributed by atoms with Crippen molar-refractivity contribution in [2.45, 2.75) is 59.9 Å². The van der Waals surface area contributed by atoms with Crippen LogP contribution in [0.5, 0.6) is 0 Å². The zero-order valence-electron chi connectivity index (χ0n) is 12.7. The van der Waals surface area contributed by atoms with Crippen molar-refractivity contribution >= 4 is 5.91 Å². The van der Waals surface area contributed by atoms with Crippen LogP contribution in [0.4, 0.5) is 0 Å². The summed E-state index contributed by atoms with van der Waals surface area (Å²) in [6.07, 6.45) is 2.72. The van der Waals surface area contributed by atoms with Gasteiger partial charge in [0.1, 0.15) is 0 Å². The Morgan fingerprint density at radius 2 is 2.06 bits per heavy atom. The highest BCUT2D eigenvalue weighted by Crippen LogP contribution is 2.27. The van der Waals surface area contributed by atoms with E-state index in [1.165, 1.54) is 0 Å². The second-order valence-electron chi connectivity index (χ2n) is 7.34. The van der Waals surface area contributed by atoms with E-state index in [2.05, 4.69) is 34.6 Å². The predicted molar refractivity (Wildman–Crippen MR) is 76.2 cm³/mol. The molecule has 0 radical (unpaired) electrons. The summed E-state index contributed by atoms with van der Waals surface area (Å²) in [7, 11) is 0. The lowest BCUT2D eigenvalue weighted by atomic mass is 9.84. The van der Waals surface area contributed by atoms with E-state index in [1.807, 2.05) is 4.90 Å². The highest BCUT2D eigenvalue weighted by Gasteiger charge is 2.27. The third-order valence-corrected chi connectivity index (χ3v) is 3.81. The maximum absolute atomic E-state index is 12.2. The van der Waals surface area contributed by atoms with Crippen LogP contribution < -0.4 is 5.73 Å². The molecule has 0 aromatic carbocycles. The van der Waals surface area contributed by atoms with Crippen molar-refractivity contribution in [3.63, 3.8) is 0 Å². The van der Waals surface area contributed by atoms with Crippen LogP contribution in [0.2, 0.25) is 0 Å². The minimum Gasteiger partial charge on any atom is -0.342 e. The molecule has 0 aromatic rings. The van der Waals surface area contributed by atoms with Crippen molar-refractivity contribution in [1.82, 2.24) is 4.90 Å². The SMILES string of the molecule is CC(CC(=O)N1CCC(N)C(C)C1)CC(C)(C)C. The van der Waals surface area contributed by atoms with Crippen LogP contribution in [0.25, 0.3) is 0 Å². The molecule has 1 fully saturated rings. The average Bonchev–Trinajstić information content (AvgIpc) is 2.18. The van der Waals surface area contributed by atoms with Crippen molar-refractivity contribution in [2.75, 3.05) is 13.1 Å². The summed E-state index contributed by atoms with van der Waals surface area (Å²) in [5, 5.41) is 0. The summed E-state index contributed by atoms with van der Waals surface area (Å²) in [5.41, 5.74) is 6.29. The summed E-state index contributed by atoms with van der Waals surface area (Å²) < 4.78 is 0. The molecule has 1 rings (SSSR count). The van der Waals surface area contributed by atoms with Crippen LogP contribution in [0, 0.1) is 17.3 Å². The first-order valence-electron chi connectivity index (χ1n) is 7.22. The molecule has 0 aliphatic carbocycles. The standard InChI is InChI=1S/C15H30N2O/c1-11(9-15(3,4)5)8-14(18)17-7-6-13(16)12(2)10-17/h11-13H,6-10,16H2,1-5H3. The quantitative estimate of drug-likeness (QED) is 0.841. The van der Waals surface area contributed by atoms with Gasteiger partial charge in [-0.05, 0) is 30.1 Å². The topological polar surface area (TPSA) is 46.3 Å². The van der Waals surface area contributed by atoms with Crippen LogP contribution in [-0.4, -0.2) is 29.9 Å². The van der Waals surface area contributed by atoms with Crippen LogP contribution in [0.15, 0.2) is 0 Å². The van der Waals surface area contributed by atoms with Gasteiger partial charge in [0.05, 0.1) is 0 Å². The molecule has 0 saturated carbocycles. The molecule has 1 saturated heterocycles. The number of rotatable bonds is 3. The van der Waals surface area contributed by atoms with Gasteiger partial charge in [-0.3, -0.25) is 4.79 Å². The lowest BCUT2D eigenvalue weighted by molar-refractivity contribution is -0.134. The summed E-state index contributed by atoms with van der Waals surface area (Å²) >= 11 is 0. The van der Waals surface area contributed by atoms with Gasteiger partial charge < -0.3 is 10.6 Å². The maximum Gasteiger partial charge on any atom is 0.222 e. The smallest absolute Gasteiger partial charge is 0.222 e. The highest BCUT2D eigenvalue weighted by atomic mass is 16.2. The Morgan fingerprint density at radius 1 is 1.44 bits per heavy atom. The molecule has 0 aromatic heterocycles. The summed E-state index contributed by atoms with van der Waals surface area (Å²) in [6, 6.07) is 0.265. The third-order valence-electron chi connectivity index (χ3n) is 3.81. The van der Waals surface area contributed by atoms with Crippen molar-refractivity contribution in [2.24, 2.45) is 23.0 Å². The van der Waals surface area contributed by atoms with Crippen molar-refractivity contribution in [1.29, 1.82) is 0 Å². The molecule has 3 heteroatoms. The van der Waals surface area contributed by atoms with Crippen LogP contribution in [0.3, 0.4) is 0 Å². The third kappa shape index (κ3) is 4.97. The first kappa shape index (κ1) is 15.5. The van der Waals surface area contributed by atoms with Gasteiger partial charge in [0.2, 0.25) is 5.91 Å². The highest BCUT2D eigenvalue weighted by molar-refractivity contribution is 5.76. The molecule has 1 heterocycles. The number of amides is 1. The zero-order valence-corrected chi connectivity index (χ0v) is 12.7. The molecule has 1 aliphatic rings. The number of hydrogen-bond acceptors (Lipinski definition) is 2. The Balaban J connectivity index is 2.41. The molecule has 3 atom stereocenters. The Hall–Kier alpha value is -0.570. The van der Waals surface area contributed by atoms with Crippen molar-refractivity contribution in [3.05, 3.63) is 0 Å². The first-order valence-corrected chi connectivity index (χ1v) is 7.22. The molecule has 3 nitrogen and oxygen atoms in total. The molecule has 0 bridgehead atoms. The number of hydrogen-bond donors (Lipinski definition) is 1. The number of carbonyl (C=O) groups is 1. The Labute approximate surface area is 112 Å². The fourth-order valence-corrected chi connectivity index (χ4v) is 2.94. The second kappa shape index (κ2) is 6.05. The van der Waals surface area contributed by atoms with E-state index >= 15 is 0 Å². The van der Waals surface area contributed by atoms with Gasteiger partial charge in [-0.1, -0.05) is 34.6 Å². The number of nitrogens with two attached hydrogens (primary N) is 1. The molecular formula is C15H30N2O. The lowest BCUT2D eigenvalue weighted by Gasteiger charge is -2.36. The van der Waals surface area contributed by atoms with Gasteiger partial charge in [0.25, 0.3) is 0 Å². The van der Waals surface area contributed by atoms with Gasteiger partial charge in [0, 0.05) is 25.6 Å². The average molecular weight is 254 g/mol. The molecule has 1 amide bonds. The Morgan fingerprint density at radius 3 is 2.56 bits per heavy atom. The lowest BCUT2D eigenvalue weighted by Crippen LogP contribution is -2.48. The predicted octanol–water partition coefficient (Wildman–Crippen LogP) is 2.64. The van der Waals surface area contributed by atoms with E-state index < -0.39 is 0 Å². The Kier molecular flexibility index (Phi) is 5.20. The molecule has 106 valence electrons. The molecule has 2 N–H and O–H groups in total. The number of likely N-dealkylation sites (tertiary alicyclic amines) is 1. The minimum atomic E-state index is 0.265. The van der Waals surface area contributed by atoms with E-state index in [9.17, 15) is 4.79 Å². The molecule has 1 aliphatic heterocycles. The second-order valence-corrected chi connectivity index (χ2v) is 7.34. The van der Waals surface area contributed by atoms with Gasteiger partial charge in [-0.2, -0.15) is 0 Å². The molecule has 0 spiro atoms. The van der Waals surface area contributed by atoms with Gasteiger partial charge >= 0.3 is 0 Å². The van der Waals surface area contributed by atoms with Crippen molar-refractivity contribution < 1.29 is 4.79 Å². The Bertz CT molecular complexity index is 283. The van der Waals surface area contributed by atoms with E-state index in [-0.39, 0.29) is 6.04 Å². The minimum absolute atomic E-state index is 0.265. The number of piperidine rings is 1. The maximum atomic E-state index is 12.2. The normalized spacial score (nSPS) is 27.1. The van der Waals surface area contributed by atoms with E-state index in [0.29, 0.717) is 29.6 Å². The first-order chi connectivity index (χ1) is 8.19. The summed E-state index contributed by atoms with van der Waals surface area (Å²) in [6.45, 7) is 12.7. The summed E-state index contributed by atoms with van der Waals surface area (Å²) in [5.74, 6) is 1.20. The monoisotopic (exact) mass is 254 g/mol.